The molecule has 2 aromatic carbocycles. The number of hydrogen-bond acceptors (Lipinski definition) is 2. The number of piperazine rings is 1. The number of nitrogens with zero attached hydrogens (tertiary/aromatic N) is 2. The summed E-state index contributed by atoms with van der Waals surface area (Å²) in [5, 5.41) is 0. The van der Waals surface area contributed by atoms with Gasteiger partial charge in [-0.2, -0.15) is 13.2 Å². The standard InChI is InChI=1S/C19H18BrF3N2O/c20-17-3-1-2-15(12-17)18(26)25-10-8-24(9-11-25)13-14-4-6-16(7-5-14)19(21,22)23/h1-7,12H,8-11,13H2. The van der Waals surface area contributed by atoms with Gasteiger partial charge in [0.25, 0.3) is 5.91 Å². The Kier molecular flexibility index (Phi) is 5.67. The van der Waals surface area contributed by atoms with Gasteiger partial charge in [0.15, 0.2) is 0 Å². The van der Waals surface area contributed by atoms with Gasteiger partial charge in [-0.05, 0) is 35.9 Å². The first-order valence-electron chi connectivity index (χ1n) is 8.26. The minimum atomic E-state index is -4.31. The van der Waals surface area contributed by atoms with E-state index < -0.39 is 11.7 Å². The van der Waals surface area contributed by atoms with Crippen molar-refractivity contribution in [3.8, 4) is 0 Å². The number of carbonyl (C=O) groups excluding carboxylic acids is 1. The Hall–Kier alpha value is -1.86. The summed E-state index contributed by atoms with van der Waals surface area (Å²) >= 11 is 3.37. The van der Waals surface area contributed by atoms with Gasteiger partial charge in [0.05, 0.1) is 5.56 Å². The molecule has 1 amide bonds. The van der Waals surface area contributed by atoms with Gasteiger partial charge < -0.3 is 4.90 Å². The fraction of sp³-hybridized carbons (Fsp3) is 0.316. The molecule has 0 radical (unpaired) electrons. The van der Waals surface area contributed by atoms with Crippen LogP contribution in [0.25, 0.3) is 0 Å². The molecule has 0 spiro atoms. The van der Waals surface area contributed by atoms with Crippen molar-refractivity contribution in [2.45, 2.75) is 12.7 Å². The van der Waals surface area contributed by atoms with E-state index >= 15 is 0 Å². The average molecular weight is 427 g/mol. The van der Waals surface area contributed by atoms with Crippen LogP contribution in [0.15, 0.2) is 53.0 Å². The highest BCUT2D eigenvalue weighted by Crippen LogP contribution is 2.29. The van der Waals surface area contributed by atoms with E-state index in [0.29, 0.717) is 38.3 Å². The second kappa shape index (κ2) is 7.80. The van der Waals surface area contributed by atoms with Gasteiger partial charge in [-0.3, -0.25) is 9.69 Å². The molecule has 1 aliphatic rings. The van der Waals surface area contributed by atoms with E-state index in [2.05, 4.69) is 20.8 Å². The van der Waals surface area contributed by atoms with Gasteiger partial charge in [0.1, 0.15) is 0 Å². The summed E-state index contributed by atoms with van der Waals surface area (Å²) in [6, 6.07) is 12.6. The summed E-state index contributed by atoms with van der Waals surface area (Å²) in [6.07, 6.45) is -4.31. The molecular formula is C19H18BrF3N2O. The van der Waals surface area contributed by atoms with Crippen LogP contribution >= 0.6 is 15.9 Å². The van der Waals surface area contributed by atoms with Gasteiger partial charge >= 0.3 is 6.18 Å². The second-order valence-corrected chi connectivity index (χ2v) is 7.19. The van der Waals surface area contributed by atoms with E-state index in [4.69, 9.17) is 0 Å². The number of alkyl halides is 3. The number of carbonyl (C=O) groups is 1. The van der Waals surface area contributed by atoms with Crippen LogP contribution in [-0.2, 0) is 12.7 Å². The number of benzene rings is 2. The molecule has 3 rings (SSSR count). The van der Waals surface area contributed by atoms with Crippen molar-refractivity contribution in [3.63, 3.8) is 0 Å². The summed E-state index contributed by atoms with van der Waals surface area (Å²) in [7, 11) is 0. The zero-order chi connectivity index (χ0) is 18.7. The predicted molar refractivity (Wildman–Crippen MR) is 96.8 cm³/mol. The second-order valence-electron chi connectivity index (χ2n) is 6.27. The van der Waals surface area contributed by atoms with Crippen LogP contribution in [0.1, 0.15) is 21.5 Å². The number of hydrogen-bond donors (Lipinski definition) is 0. The van der Waals surface area contributed by atoms with Crippen LogP contribution in [-0.4, -0.2) is 41.9 Å². The largest absolute Gasteiger partial charge is 0.416 e. The maximum Gasteiger partial charge on any atom is 0.416 e. The monoisotopic (exact) mass is 426 g/mol. The zero-order valence-corrected chi connectivity index (χ0v) is 15.6. The zero-order valence-electron chi connectivity index (χ0n) is 14.0. The maximum absolute atomic E-state index is 12.6. The van der Waals surface area contributed by atoms with Crippen molar-refractivity contribution in [2.24, 2.45) is 0 Å². The molecule has 26 heavy (non-hydrogen) atoms. The first-order valence-corrected chi connectivity index (χ1v) is 9.05. The molecule has 0 aliphatic carbocycles. The van der Waals surface area contributed by atoms with Crippen molar-refractivity contribution in [1.29, 1.82) is 0 Å². The highest BCUT2D eigenvalue weighted by Gasteiger charge is 2.30. The first kappa shape index (κ1) is 18.9. The molecule has 0 saturated carbocycles. The van der Waals surface area contributed by atoms with Crippen molar-refractivity contribution in [2.75, 3.05) is 26.2 Å². The van der Waals surface area contributed by atoms with Crippen molar-refractivity contribution in [3.05, 3.63) is 69.7 Å². The quantitative estimate of drug-likeness (QED) is 0.724. The average Bonchev–Trinajstić information content (AvgIpc) is 2.61. The van der Waals surface area contributed by atoms with E-state index in [1.54, 1.807) is 12.1 Å². The van der Waals surface area contributed by atoms with Crippen LogP contribution in [0.4, 0.5) is 13.2 Å². The Bertz CT molecular complexity index is 769. The van der Waals surface area contributed by atoms with Crippen LogP contribution < -0.4 is 0 Å². The van der Waals surface area contributed by atoms with E-state index in [1.165, 1.54) is 12.1 Å². The van der Waals surface area contributed by atoms with E-state index in [9.17, 15) is 18.0 Å². The molecule has 0 N–H and O–H groups in total. The third kappa shape index (κ3) is 4.65. The highest BCUT2D eigenvalue weighted by molar-refractivity contribution is 9.10. The van der Waals surface area contributed by atoms with Gasteiger partial charge in [0.2, 0.25) is 0 Å². The smallest absolute Gasteiger partial charge is 0.336 e. The minimum Gasteiger partial charge on any atom is -0.336 e. The molecule has 138 valence electrons. The Morgan fingerprint density at radius 2 is 1.65 bits per heavy atom. The number of halogens is 4. The summed E-state index contributed by atoms with van der Waals surface area (Å²) < 4.78 is 38.7. The molecule has 0 bridgehead atoms. The molecule has 1 saturated heterocycles. The lowest BCUT2D eigenvalue weighted by Crippen LogP contribution is -2.48. The Labute approximate surface area is 158 Å². The molecule has 1 heterocycles. The lowest BCUT2D eigenvalue weighted by atomic mass is 10.1. The van der Waals surface area contributed by atoms with Crippen LogP contribution in [0.3, 0.4) is 0 Å². The summed E-state index contributed by atoms with van der Waals surface area (Å²) in [6.45, 7) is 3.18. The normalized spacial score (nSPS) is 15.9. The Morgan fingerprint density at radius 1 is 1.00 bits per heavy atom. The van der Waals surface area contributed by atoms with Crippen LogP contribution in [0.5, 0.6) is 0 Å². The molecular weight excluding hydrogens is 409 g/mol. The summed E-state index contributed by atoms with van der Waals surface area (Å²) in [5.41, 5.74) is 0.853. The van der Waals surface area contributed by atoms with Crippen molar-refractivity contribution < 1.29 is 18.0 Å². The minimum absolute atomic E-state index is 0.000445. The van der Waals surface area contributed by atoms with E-state index in [-0.39, 0.29) is 5.91 Å². The Balaban J connectivity index is 1.54. The molecule has 2 aromatic rings. The van der Waals surface area contributed by atoms with E-state index in [1.807, 2.05) is 17.0 Å². The fourth-order valence-corrected chi connectivity index (χ4v) is 3.37. The number of rotatable bonds is 3. The SMILES string of the molecule is O=C(c1cccc(Br)c1)N1CCN(Cc2ccc(C(F)(F)F)cc2)CC1. The van der Waals surface area contributed by atoms with Crippen LogP contribution in [0, 0.1) is 0 Å². The predicted octanol–water partition coefficient (Wildman–Crippen LogP) is 4.43. The van der Waals surface area contributed by atoms with E-state index in [0.717, 1.165) is 22.2 Å². The third-order valence-corrected chi connectivity index (χ3v) is 4.91. The van der Waals surface area contributed by atoms with Gasteiger partial charge in [-0.15, -0.1) is 0 Å². The Morgan fingerprint density at radius 3 is 2.23 bits per heavy atom. The molecule has 0 unspecified atom stereocenters. The highest BCUT2D eigenvalue weighted by atomic mass is 79.9. The summed E-state index contributed by atoms with van der Waals surface area (Å²) in [4.78, 5) is 16.5. The van der Waals surface area contributed by atoms with Gasteiger partial charge in [-0.25, -0.2) is 0 Å². The molecule has 1 fully saturated rings. The van der Waals surface area contributed by atoms with Crippen molar-refractivity contribution in [1.82, 2.24) is 9.80 Å². The summed E-state index contributed by atoms with van der Waals surface area (Å²) in [5.74, 6) is 0.000445. The fourth-order valence-electron chi connectivity index (χ4n) is 2.97. The van der Waals surface area contributed by atoms with Crippen LogP contribution in [0.2, 0.25) is 0 Å². The first-order chi connectivity index (χ1) is 12.3. The maximum atomic E-state index is 12.6. The molecule has 0 aromatic heterocycles. The molecule has 7 heteroatoms. The van der Waals surface area contributed by atoms with Gasteiger partial charge in [-0.1, -0.05) is 34.1 Å². The third-order valence-electron chi connectivity index (χ3n) is 4.42. The van der Waals surface area contributed by atoms with Crippen molar-refractivity contribution >= 4 is 21.8 Å². The molecule has 1 aliphatic heterocycles. The molecule has 0 atom stereocenters. The lowest BCUT2D eigenvalue weighted by molar-refractivity contribution is -0.137. The topological polar surface area (TPSA) is 23.6 Å². The van der Waals surface area contributed by atoms with Gasteiger partial charge in [0, 0.05) is 42.8 Å². The lowest BCUT2D eigenvalue weighted by Gasteiger charge is -2.34. The molecule has 3 nitrogen and oxygen atoms in total. The number of amides is 1.